The molecule has 0 bridgehead atoms. The van der Waals surface area contributed by atoms with Crippen molar-refractivity contribution in [3.63, 3.8) is 0 Å². The van der Waals surface area contributed by atoms with Crippen LogP contribution in [0, 0.1) is 18.6 Å². The van der Waals surface area contributed by atoms with Gasteiger partial charge in [0.2, 0.25) is 0 Å². The van der Waals surface area contributed by atoms with Gasteiger partial charge in [-0.05, 0) is 55.3 Å². The van der Waals surface area contributed by atoms with Crippen LogP contribution in [0.5, 0.6) is 0 Å². The van der Waals surface area contributed by atoms with Crippen LogP contribution in [0.3, 0.4) is 0 Å². The van der Waals surface area contributed by atoms with E-state index in [0.717, 1.165) is 16.8 Å². The lowest BCUT2D eigenvalue weighted by atomic mass is 10.1. The van der Waals surface area contributed by atoms with Gasteiger partial charge in [0.25, 0.3) is 0 Å². The fraction of sp³-hybridized carbons (Fsp3) is 0.200. The molecule has 0 radical (unpaired) electrons. The SMILES string of the molecule is Cc1cc(F)ccc1NC(C)c1ccc(Cl)c(F)c1. The predicted octanol–water partition coefficient (Wildman–Crippen LogP) is 5.10. The van der Waals surface area contributed by atoms with Crippen LogP contribution >= 0.6 is 11.6 Å². The summed E-state index contributed by atoms with van der Waals surface area (Å²) in [6.07, 6.45) is 0. The molecule has 0 aromatic heterocycles. The fourth-order valence-electron chi connectivity index (χ4n) is 1.89. The zero-order chi connectivity index (χ0) is 14.0. The maximum atomic E-state index is 13.4. The molecule has 1 N–H and O–H groups in total. The standard InChI is InChI=1S/C15H14ClF2N/c1-9-7-12(17)4-6-15(9)19-10(2)11-3-5-13(16)14(18)8-11/h3-8,10,19H,1-2H3. The minimum atomic E-state index is -0.441. The second kappa shape index (κ2) is 5.57. The van der Waals surface area contributed by atoms with Crippen molar-refractivity contribution in [3.8, 4) is 0 Å². The third-order valence-corrected chi connectivity index (χ3v) is 3.31. The van der Waals surface area contributed by atoms with Crippen LogP contribution in [-0.2, 0) is 0 Å². The Morgan fingerprint density at radius 3 is 2.47 bits per heavy atom. The number of hydrogen-bond donors (Lipinski definition) is 1. The van der Waals surface area contributed by atoms with Gasteiger partial charge in [-0.25, -0.2) is 8.78 Å². The van der Waals surface area contributed by atoms with Crippen LogP contribution in [0.4, 0.5) is 14.5 Å². The minimum Gasteiger partial charge on any atom is -0.378 e. The zero-order valence-corrected chi connectivity index (χ0v) is 11.4. The summed E-state index contributed by atoms with van der Waals surface area (Å²) >= 11 is 5.65. The van der Waals surface area contributed by atoms with Gasteiger partial charge in [-0.15, -0.1) is 0 Å². The summed E-state index contributed by atoms with van der Waals surface area (Å²) in [5.41, 5.74) is 2.41. The minimum absolute atomic E-state index is 0.101. The molecule has 0 fully saturated rings. The number of rotatable bonds is 3. The second-order valence-electron chi connectivity index (χ2n) is 4.50. The monoisotopic (exact) mass is 281 g/mol. The molecule has 1 atom stereocenters. The van der Waals surface area contributed by atoms with E-state index < -0.39 is 5.82 Å². The highest BCUT2D eigenvalue weighted by Gasteiger charge is 2.09. The lowest BCUT2D eigenvalue weighted by Gasteiger charge is -2.17. The zero-order valence-electron chi connectivity index (χ0n) is 10.7. The molecule has 19 heavy (non-hydrogen) atoms. The molecule has 100 valence electrons. The van der Waals surface area contributed by atoms with Crippen LogP contribution in [0.1, 0.15) is 24.1 Å². The van der Waals surface area contributed by atoms with Gasteiger partial charge in [0.15, 0.2) is 0 Å². The normalized spacial score (nSPS) is 12.3. The van der Waals surface area contributed by atoms with E-state index >= 15 is 0 Å². The van der Waals surface area contributed by atoms with Gasteiger partial charge in [-0.2, -0.15) is 0 Å². The molecule has 4 heteroatoms. The van der Waals surface area contributed by atoms with Gasteiger partial charge in [-0.3, -0.25) is 0 Å². The molecule has 2 aromatic rings. The molecule has 0 aliphatic heterocycles. The van der Waals surface area contributed by atoms with Crippen molar-refractivity contribution >= 4 is 17.3 Å². The van der Waals surface area contributed by atoms with Crippen molar-refractivity contribution in [2.45, 2.75) is 19.9 Å². The van der Waals surface area contributed by atoms with Gasteiger partial charge in [0, 0.05) is 11.7 Å². The van der Waals surface area contributed by atoms with Crippen molar-refractivity contribution < 1.29 is 8.78 Å². The molecular formula is C15H14ClF2N. The molecule has 2 rings (SSSR count). The van der Waals surface area contributed by atoms with Crippen LogP contribution in [0.2, 0.25) is 5.02 Å². The van der Waals surface area contributed by atoms with Crippen LogP contribution in [0.15, 0.2) is 36.4 Å². The molecule has 1 unspecified atom stereocenters. The summed E-state index contributed by atoms with van der Waals surface area (Å²) in [7, 11) is 0. The third-order valence-electron chi connectivity index (χ3n) is 3.00. The van der Waals surface area contributed by atoms with E-state index in [0.29, 0.717) is 0 Å². The lowest BCUT2D eigenvalue weighted by molar-refractivity contribution is 0.624. The van der Waals surface area contributed by atoms with Crippen molar-refractivity contribution in [2.24, 2.45) is 0 Å². The molecule has 0 saturated heterocycles. The van der Waals surface area contributed by atoms with Crippen LogP contribution < -0.4 is 5.32 Å². The number of halogens is 3. The molecule has 2 aromatic carbocycles. The molecule has 0 saturated carbocycles. The molecule has 0 heterocycles. The molecule has 0 amide bonds. The van der Waals surface area contributed by atoms with E-state index in [1.165, 1.54) is 24.3 Å². The highest BCUT2D eigenvalue weighted by molar-refractivity contribution is 6.30. The Kier molecular flexibility index (Phi) is 4.05. The highest BCUT2D eigenvalue weighted by atomic mass is 35.5. The van der Waals surface area contributed by atoms with Crippen LogP contribution in [0.25, 0.3) is 0 Å². The van der Waals surface area contributed by atoms with E-state index in [2.05, 4.69) is 5.32 Å². The summed E-state index contributed by atoms with van der Waals surface area (Å²) in [5, 5.41) is 3.33. The van der Waals surface area contributed by atoms with Gasteiger partial charge in [0.1, 0.15) is 11.6 Å². The van der Waals surface area contributed by atoms with E-state index in [1.54, 1.807) is 12.1 Å². The largest absolute Gasteiger partial charge is 0.378 e. The van der Waals surface area contributed by atoms with E-state index in [4.69, 9.17) is 11.6 Å². The number of hydrogen-bond acceptors (Lipinski definition) is 1. The Bertz CT molecular complexity index is 599. The van der Waals surface area contributed by atoms with Crippen molar-refractivity contribution in [2.75, 3.05) is 5.32 Å². The highest BCUT2D eigenvalue weighted by Crippen LogP contribution is 2.25. The second-order valence-corrected chi connectivity index (χ2v) is 4.91. The maximum absolute atomic E-state index is 13.4. The van der Waals surface area contributed by atoms with E-state index in [-0.39, 0.29) is 16.9 Å². The van der Waals surface area contributed by atoms with Crippen molar-refractivity contribution in [3.05, 3.63) is 64.2 Å². The van der Waals surface area contributed by atoms with E-state index in [1.807, 2.05) is 13.8 Å². The fourth-order valence-corrected chi connectivity index (χ4v) is 2.00. The van der Waals surface area contributed by atoms with Gasteiger partial charge in [0.05, 0.1) is 5.02 Å². The first-order valence-corrected chi connectivity index (χ1v) is 6.33. The van der Waals surface area contributed by atoms with E-state index in [9.17, 15) is 8.78 Å². The average Bonchev–Trinajstić information content (AvgIpc) is 2.36. The average molecular weight is 282 g/mol. The van der Waals surface area contributed by atoms with Crippen molar-refractivity contribution in [1.82, 2.24) is 0 Å². The Morgan fingerprint density at radius 1 is 1.11 bits per heavy atom. The summed E-state index contributed by atoms with van der Waals surface area (Å²) in [5.74, 6) is -0.711. The number of nitrogens with one attached hydrogen (secondary N) is 1. The number of benzene rings is 2. The summed E-state index contributed by atoms with van der Waals surface area (Å²) in [6, 6.07) is 9.12. The smallest absolute Gasteiger partial charge is 0.142 e. The van der Waals surface area contributed by atoms with Gasteiger partial charge < -0.3 is 5.32 Å². The van der Waals surface area contributed by atoms with Crippen LogP contribution in [-0.4, -0.2) is 0 Å². The molecule has 1 nitrogen and oxygen atoms in total. The van der Waals surface area contributed by atoms with Crippen molar-refractivity contribution in [1.29, 1.82) is 0 Å². The first-order chi connectivity index (χ1) is 8.97. The quantitative estimate of drug-likeness (QED) is 0.825. The van der Waals surface area contributed by atoms with Gasteiger partial charge >= 0.3 is 0 Å². The third kappa shape index (κ3) is 3.24. The summed E-state index contributed by atoms with van der Waals surface area (Å²) in [4.78, 5) is 0. The molecular weight excluding hydrogens is 268 g/mol. The van der Waals surface area contributed by atoms with Gasteiger partial charge in [-0.1, -0.05) is 17.7 Å². The number of anilines is 1. The topological polar surface area (TPSA) is 12.0 Å². The summed E-state index contributed by atoms with van der Waals surface area (Å²) < 4.78 is 26.4. The summed E-state index contributed by atoms with van der Waals surface area (Å²) in [6.45, 7) is 3.73. The first kappa shape index (κ1) is 13.8. The number of aryl methyl sites for hydroxylation is 1. The Hall–Kier alpha value is -1.61. The molecule has 0 aliphatic rings. The Labute approximate surface area is 116 Å². The lowest BCUT2D eigenvalue weighted by Crippen LogP contribution is -2.08. The Balaban J connectivity index is 2.20. The maximum Gasteiger partial charge on any atom is 0.142 e. The predicted molar refractivity (Wildman–Crippen MR) is 74.6 cm³/mol. The Morgan fingerprint density at radius 2 is 1.84 bits per heavy atom. The molecule has 0 aliphatic carbocycles. The molecule has 0 spiro atoms. The first-order valence-electron chi connectivity index (χ1n) is 5.95.